The number of nitrogen functional groups attached to an aromatic ring is 1. The van der Waals surface area contributed by atoms with Crippen LogP contribution in [0.25, 0.3) is 0 Å². The second-order valence-electron chi connectivity index (χ2n) is 4.88. The smallest absolute Gasteiger partial charge is 0.337 e. The molecule has 0 amide bonds. The monoisotopic (exact) mass is 298 g/mol. The molecule has 0 spiro atoms. The van der Waals surface area contributed by atoms with Crippen LogP contribution in [0, 0.1) is 0 Å². The molecule has 1 aliphatic heterocycles. The summed E-state index contributed by atoms with van der Waals surface area (Å²) in [5, 5.41) is 9.15. The molecule has 0 radical (unpaired) electrons. The molecule has 1 fully saturated rings. The number of nitrogens with two attached hydrogens (primary N) is 1. The van der Waals surface area contributed by atoms with Gasteiger partial charge in [-0.05, 0) is 31.0 Å². The maximum Gasteiger partial charge on any atom is 0.337 e. The van der Waals surface area contributed by atoms with Gasteiger partial charge in [0.1, 0.15) is 0 Å². The van der Waals surface area contributed by atoms with Gasteiger partial charge in [-0.1, -0.05) is 12.8 Å². The van der Waals surface area contributed by atoms with E-state index < -0.39 is 16.0 Å². The van der Waals surface area contributed by atoms with Crippen LogP contribution in [0.3, 0.4) is 0 Å². The van der Waals surface area contributed by atoms with E-state index in [2.05, 4.69) is 0 Å². The molecule has 1 aromatic rings. The van der Waals surface area contributed by atoms with Crippen molar-refractivity contribution >= 4 is 21.7 Å². The Balaban J connectivity index is 2.47. The Labute approximate surface area is 118 Å². The van der Waals surface area contributed by atoms with Gasteiger partial charge in [0.05, 0.1) is 10.5 Å². The van der Waals surface area contributed by atoms with Crippen molar-refractivity contribution in [3.8, 4) is 0 Å². The highest BCUT2D eigenvalue weighted by molar-refractivity contribution is 7.89. The molecule has 1 saturated heterocycles. The zero-order valence-electron chi connectivity index (χ0n) is 11.1. The van der Waals surface area contributed by atoms with Crippen molar-refractivity contribution in [3.05, 3.63) is 23.8 Å². The minimum absolute atomic E-state index is 0.216. The van der Waals surface area contributed by atoms with Gasteiger partial charge < -0.3 is 10.8 Å². The van der Waals surface area contributed by atoms with Gasteiger partial charge in [-0.25, -0.2) is 13.2 Å². The van der Waals surface area contributed by atoms with Crippen molar-refractivity contribution in [2.75, 3.05) is 18.8 Å². The standard InChI is InChI=1S/C13H18N2O4S/c14-10-5-6-11(13(16)17)12(9-10)20(18,19)15-7-3-1-2-4-8-15/h5-6,9H,1-4,7-8,14H2,(H,16,17). The number of carboxylic acids is 1. The number of hydrogen-bond acceptors (Lipinski definition) is 4. The van der Waals surface area contributed by atoms with Crippen molar-refractivity contribution in [3.63, 3.8) is 0 Å². The van der Waals surface area contributed by atoms with Crippen molar-refractivity contribution in [1.29, 1.82) is 0 Å². The summed E-state index contributed by atoms with van der Waals surface area (Å²) in [5.41, 5.74) is 5.62. The molecule has 3 N–H and O–H groups in total. The van der Waals surface area contributed by atoms with E-state index in [1.54, 1.807) is 0 Å². The van der Waals surface area contributed by atoms with E-state index in [4.69, 9.17) is 10.8 Å². The first kappa shape index (κ1) is 14.8. The third-order valence-corrected chi connectivity index (χ3v) is 5.36. The number of hydrogen-bond donors (Lipinski definition) is 2. The zero-order chi connectivity index (χ0) is 14.8. The normalized spacial score (nSPS) is 17.6. The predicted octanol–water partition coefficient (Wildman–Crippen LogP) is 1.53. The van der Waals surface area contributed by atoms with Crippen LogP contribution in [-0.4, -0.2) is 36.9 Å². The molecule has 0 bridgehead atoms. The lowest BCUT2D eigenvalue weighted by molar-refractivity contribution is 0.0692. The molecule has 2 rings (SSSR count). The molecule has 6 nitrogen and oxygen atoms in total. The molecule has 0 aliphatic carbocycles. The second-order valence-corrected chi connectivity index (χ2v) is 6.79. The average Bonchev–Trinajstić information content (AvgIpc) is 2.67. The van der Waals surface area contributed by atoms with Gasteiger partial charge in [-0.3, -0.25) is 0 Å². The lowest BCUT2D eigenvalue weighted by Crippen LogP contribution is -2.33. The summed E-state index contributed by atoms with van der Waals surface area (Å²) in [6, 6.07) is 3.86. The fourth-order valence-electron chi connectivity index (χ4n) is 2.35. The third-order valence-electron chi connectivity index (χ3n) is 3.42. The molecule has 7 heteroatoms. The molecule has 0 unspecified atom stereocenters. The lowest BCUT2D eigenvalue weighted by Gasteiger charge is -2.21. The first-order chi connectivity index (χ1) is 9.43. The van der Waals surface area contributed by atoms with E-state index in [1.165, 1.54) is 22.5 Å². The number of aromatic carboxylic acids is 1. The van der Waals surface area contributed by atoms with Gasteiger partial charge >= 0.3 is 5.97 Å². The van der Waals surface area contributed by atoms with Crippen LogP contribution < -0.4 is 5.73 Å². The van der Waals surface area contributed by atoms with Crippen molar-refractivity contribution < 1.29 is 18.3 Å². The molecule has 0 saturated carbocycles. The zero-order valence-corrected chi connectivity index (χ0v) is 11.9. The summed E-state index contributed by atoms with van der Waals surface area (Å²) in [4.78, 5) is 11.0. The molecule has 0 aromatic heterocycles. The third kappa shape index (κ3) is 2.94. The SMILES string of the molecule is Nc1ccc(C(=O)O)c(S(=O)(=O)N2CCCCCC2)c1. The second kappa shape index (κ2) is 5.80. The highest BCUT2D eigenvalue weighted by Gasteiger charge is 2.29. The highest BCUT2D eigenvalue weighted by Crippen LogP contribution is 2.25. The van der Waals surface area contributed by atoms with Crippen LogP contribution >= 0.6 is 0 Å². The summed E-state index contributed by atoms with van der Waals surface area (Å²) in [6.45, 7) is 0.854. The molecule has 1 aromatic carbocycles. The summed E-state index contributed by atoms with van der Waals surface area (Å²) in [7, 11) is -3.81. The number of benzene rings is 1. The van der Waals surface area contributed by atoms with Crippen molar-refractivity contribution in [2.24, 2.45) is 0 Å². The largest absolute Gasteiger partial charge is 0.478 e. The summed E-state index contributed by atoms with van der Waals surface area (Å²) >= 11 is 0. The Morgan fingerprint density at radius 1 is 1.15 bits per heavy atom. The van der Waals surface area contributed by atoms with E-state index in [9.17, 15) is 13.2 Å². The van der Waals surface area contributed by atoms with Gasteiger partial charge in [-0.2, -0.15) is 4.31 Å². The molecular weight excluding hydrogens is 280 g/mol. The van der Waals surface area contributed by atoms with Crippen LogP contribution in [0.5, 0.6) is 0 Å². The predicted molar refractivity (Wildman–Crippen MR) is 75.0 cm³/mol. The maximum absolute atomic E-state index is 12.6. The van der Waals surface area contributed by atoms with Crippen LogP contribution in [0.4, 0.5) is 5.69 Å². The minimum Gasteiger partial charge on any atom is -0.478 e. The summed E-state index contributed by atoms with van der Waals surface area (Å²) < 4.78 is 26.6. The highest BCUT2D eigenvalue weighted by atomic mass is 32.2. The van der Waals surface area contributed by atoms with Crippen molar-refractivity contribution in [1.82, 2.24) is 4.31 Å². The topological polar surface area (TPSA) is 101 Å². The first-order valence-corrected chi connectivity index (χ1v) is 8.00. The Morgan fingerprint density at radius 3 is 2.30 bits per heavy atom. The van der Waals surface area contributed by atoms with Crippen LogP contribution in [-0.2, 0) is 10.0 Å². The molecule has 1 aliphatic rings. The van der Waals surface area contributed by atoms with E-state index in [-0.39, 0.29) is 16.1 Å². The van der Waals surface area contributed by atoms with E-state index in [0.717, 1.165) is 25.7 Å². The van der Waals surface area contributed by atoms with Crippen LogP contribution in [0.1, 0.15) is 36.0 Å². The summed E-state index contributed by atoms with van der Waals surface area (Å²) in [5.74, 6) is -1.27. The number of carboxylic acid groups (broad SMARTS) is 1. The van der Waals surface area contributed by atoms with E-state index >= 15 is 0 Å². The number of nitrogens with zero attached hydrogens (tertiary/aromatic N) is 1. The molecule has 1 heterocycles. The van der Waals surface area contributed by atoms with Gasteiger partial charge in [-0.15, -0.1) is 0 Å². The van der Waals surface area contributed by atoms with E-state index in [0.29, 0.717) is 13.1 Å². The minimum atomic E-state index is -3.81. The van der Waals surface area contributed by atoms with Crippen LogP contribution in [0.2, 0.25) is 0 Å². The molecule has 110 valence electrons. The molecular formula is C13H18N2O4S. The number of anilines is 1. The molecule has 0 atom stereocenters. The van der Waals surface area contributed by atoms with Gasteiger partial charge in [0.25, 0.3) is 0 Å². The Morgan fingerprint density at radius 2 is 1.75 bits per heavy atom. The van der Waals surface area contributed by atoms with Gasteiger partial charge in [0.2, 0.25) is 10.0 Å². The first-order valence-electron chi connectivity index (χ1n) is 6.56. The van der Waals surface area contributed by atoms with Gasteiger partial charge in [0, 0.05) is 18.8 Å². The number of sulfonamides is 1. The Bertz CT molecular complexity index is 605. The quantitative estimate of drug-likeness (QED) is 0.824. The average molecular weight is 298 g/mol. The number of carbonyl (C=O) groups is 1. The Hall–Kier alpha value is -1.60. The Kier molecular flexibility index (Phi) is 4.29. The maximum atomic E-state index is 12.6. The van der Waals surface area contributed by atoms with Crippen molar-refractivity contribution in [2.45, 2.75) is 30.6 Å². The molecule has 20 heavy (non-hydrogen) atoms. The summed E-state index contributed by atoms with van der Waals surface area (Å²) in [6.07, 6.45) is 3.58. The lowest BCUT2D eigenvalue weighted by atomic mass is 10.2. The van der Waals surface area contributed by atoms with Gasteiger partial charge in [0.15, 0.2) is 0 Å². The fraction of sp³-hybridized carbons (Fsp3) is 0.462. The van der Waals surface area contributed by atoms with Crippen LogP contribution in [0.15, 0.2) is 23.1 Å². The fourth-order valence-corrected chi connectivity index (χ4v) is 4.09. The van der Waals surface area contributed by atoms with E-state index in [1.807, 2.05) is 0 Å². The number of rotatable bonds is 3.